The van der Waals surface area contributed by atoms with Crippen LogP contribution in [0.5, 0.6) is 0 Å². The molecule has 0 spiro atoms. The Bertz CT molecular complexity index is 3280. The lowest BCUT2D eigenvalue weighted by atomic mass is 9.32. The van der Waals surface area contributed by atoms with Gasteiger partial charge in [-0.25, -0.2) is 0 Å². The third kappa shape index (κ3) is 4.28. The molecule has 60 heavy (non-hydrogen) atoms. The summed E-state index contributed by atoms with van der Waals surface area (Å²) in [5, 5.41) is 4.60. The maximum atomic E-state index is 7.00. The van der Waals surface area contributed by atoms with Crippen LogP contribution >= 0.6 is 0 Å². The monoisotopic (exact) mass is 770 g/mol. The van der Waals surface area contributed by atoms with E-state index >= 15 is 0 Å². The fourth-order valence-electron chi connectivity index (χ4n) is 11.9. The van der Waals surface area contributed by atoms with Gasteiger partial charge in [-0.3, -0.25) is 0 Å². The van der Waals surface area contributed by atoms with Crippen molar-refractivity contribution in [3.63, 3.8) is 0 Å². The van der Waals surface area contributed by atoms with Crippen molar-refractivity contribution in [1.29, 1.82) is 0 Å². The van der Waals surface area contributed by atoms with Crippen molar-refractivity contribution in [2.45, 2.75) is 41.5 Å². The summed E-state index contributed by atoms with van der Waals surface area (Å²) in [6, 6.07) is 49.6. The van der Waals surface area contributed by atoms with Gasteiger partial charge in [-0.2, -0.15) is 0 Å². The van der Waals surface area contributed by atoms with Crippen LogP contribution in [0.15, 0.2) is 142 Å². The van der Waals surface area contributed by atoms with E-state index in [2.05, 4.69) is 185 Å². The first kappa shape index (κ1) is 34.0. The molecule has 4 nitrogen and oxygen atoms in total. The van der Waals surface area contributed by atoms with Crippen molar-refractivity contribution in [2.24, 2.45) is 0 Å². The molecule has 0 atom stereocenters. The summed E-state index contributed by atoms with van der Waals surface area (Å²) in [6.07, 6.45) is 0. The van der Waals surface area contributed by atoms with Crippen LogP contribution in [0.4, 0.5) is 34.1 Å². The summed E-state index contributed by atoms with van der Waals surface area (Å²) in [5.41, 5.74) is 26.3. The molecule has 0 saturated carbocycles. The highest BCUT2D eigenvalue weighted by Gasteiger charge is 2.48. The van der Waals surface area contributed by atoms with Crippen LogP contribution in [0.3, 0.4) is 0 Å². The Morgan fingerprint density at radius 1 is 0.367 bits per heavy atom. The Labute approximate surface area is 349 Å². The zero-order valence-corrected chi connectivity index (χ0v) is 34.6. The SMILES string of the molecule is Cc1cc(C)c(B2c3cccc4c3N(c3cccc5c3N4c3ccc4c(oc6ccccc64)c3B5c3c(C)cc(C)cc3C)c3ccc4c(oc5ccccc54)c32)c(C)c1. The maximum absolute atomic E-state index is 7.00. The van der Waals surface area contributed by atoms with Gasteiger partial charge in [0, 0.05) is 32.9 Å². The molecule has 8 aromatic carbocycles. The quantitative estimate of drug-likeness (QED) is 0.164. The first-order valence-electron chi connectivity index (χ1n) is 21.2. The van der Waals surface area contributed by atoms with Crippen molar-refractivity contribution >= 4 is 124 Å². The number of fused-ring (bicyclic) bond motifs is 14. The number of furan rings is 2. The molecule has 0 radical (unpaired) electrons. The predicted molar refractivity (Wildman–Crippen MR) is 255 cm³/mol. The van der Waals surface area contributed by atoms with E-state index < -0.39 is 0 Å². The van der Waals surface area contributed by atoms with Crippen LogP contribution in [0, 0.1) is 41.5 Å². The van der Waals surface area contributed by atoms with Crippen LogP contribution in [0.1, 0.15) is 33.4 Å². The second-order valence-electron chi connectivity index (χ2n) is 17.5. The summed E-state index contributed by atoms with van der Waals surface area (Å²) >= 11 is 0. The molecule has 0 bridgehead atoms. The highest BCUT2D eigenvalue weighted by atomic mass is 16.3. The summed E-state index contributed by atoms with van der Waals surface area (Å²) in [5.74, 6) is 0. The molecule has 0 amide bonds. The van der Waals surface area contributed by atoms with Gasteiger partial charge in [0.05, 0.1) is 22.7 Å². The number of hydrogen-bond donors (Lipinski definition) is 0. The number of anilines is 6. The Morgan fingerprint density at radius 2 is 0.767 bits per heavy atom. The number of benzene rings is 8. The summed E-state index contributed by atoms with van der Waals surface area (Å²) in [4.78, 5) is 5.13. The smallest absolute Gasteiger partial charge is 0.252 e. The van der Waals surface area contributed by atoms with E-state index in [9.17, 15) is 0 Å². The van der Waals surface area contributed by atoms with Crippen LogP contribution in [0.2, 0.25) is 0 Å². The highest BCUT2D eigenvalue weighted by Crippen LogP contribution is 2.56. The number of rotatable bonds is 2. The van der Waals surface area contributed by atoms with E-state index in [0.29, 0.717) is 0 Å². The maximum Gasteiger partial charge on any atom is 0.252 e. The minimum absolute atomic E-state index is 0.0616. The molecular formula is C54H40B2N2O2. The molecule has 5 heterocycles. The lowest BCUT2D eigenvalue weighted by molar-refractivity contribution is 0.671. The number of nitrogens with zero attached hydrogens (tertiary/aromatic N) is 2. The van der Waals surface area contributed by atoms with E-state index in [4.69, 9.17) is 8.83 Å². The van der Waals surface area contributed by atoms with Gasteiger partial charge in [0.25, 0.3) is 13.4 Å². The molecule has 3 aliphatic rings. The summed E-state index contributed by atoms with van der Waals surface area (Å²) in [6.45, 7) is 13.4. The Balaban J connectivity index is 1.18. The molecule has 6 heteroatoms. The van der Waals surface area contributed by atoms with Gasteiger partial charge in [-0.1, -0.05) is 129 Å². The minimum Gasteiger partial charge on any atom is -0.457 e. The van der Waals surface area contributed by atoms with E-state index in [1.165, 1.54) is 88.9 Å². The Hall–Kier alpha value is -6.91. The summed E-state index contributed by atoms with van der Waals surface area (Å²) < 4.78 is 14.0. The highest BCUT2D eigenvalue weighted by molar-refractivity contribution is 7.01. The van der Waals surface area contributed by atoms with Crippen molar-refractivity contribution in [2.75, 3.05) is 9.80 Å². The average molecular weight is 771 g/mol. The van der Waals surface area contributed by atoms with Crippen LogP contribution in [-0.2, 0) is 0 Å². The number of para-hydroxylation sites is 4. The Morgan fingerprint density at radius 3 is 1.18 bits per heavy atom. The first-order chi connectivity index (χ1) is 29.3. The molecule has 3 aliphatic heterocycles. The van der Waals surface area contributed by atoms with Crippen LogP contribution in [-0.4, -0.2) is 13.4 Å². The fraction of sp³-hybridized carbons (Fsp3) is 0.111. The fourth-order valence-corrected chi connectivity index (χ4v) is 11.9. The lowest BCUT2D eigenvalue weighted by Crippen LogP contribution is -2.62. The molecule has 0 fully saturated rings. The topological polar surface area (TPSA) is 32.8 Å². The molecule has 0 unspecified atom stereocenters. The van der Waals surface area contributed by atoms with Gasteiger partial charge in [0.15, 0.2) is 0 Å². The average Bonchev–Trinajstić information content (AvgIpc) is 3.81. The lowest BCUT2D eigenvalue weighted by Gasteiger charge is -2.49. The van der Waals surface area contributed by atoms with Crippen LogP contribution < -0.4 is 42.6 Å². The summed E-state index contributed by atoms with van der Waals surface area (Å²) in [7, 11) is 0. The zero-order valence-electron chi connectivity index (χ0n) is 34.6. The van der Waals surface area contributed by atoms with Gasteiger partial charge >= 0.3 is 0 Å². The van der Waals surface area contributed by atoms with Crippen molar-refractivity contribution in [3.05, 3.63) is 167 Å². The standard InChI is InChI=1S/C54H40B2N2O2/c1-29-25-31(3)47(32(4)26-29)55-39-15-11-17-43-51(39)57(41-23-21-37-35-13-7-9-19-45(35)59-53(37)49(41)55)44-18-12-16-40-52(44)58(43)42-24-22-38-36-14-8-10-20-46(36)60-54(38)50(42)56(40)48-33(5)27-30(2)28-34(48)6/h7-28H,1-6H3. The number of aryl methyl sites for hydroxylation is 6. The van der Waals surface area contributed by atoms with E-state index in [1.54, 1.807) is 0 Å². The molecule has 13 rings (SSSR count). The van der Waals surface area contributed by atoms with Gasteiger partial charge in [-0.05, 0) is 112 Å². The minimum atomic E-state index is -0.0616. The third-order valence-electron chi connectivity index (χ3n) is 13.9. The second kappa shape index (κ2) is 11.9. The predicted octanol–water partition coefficient (Wildman–Crippen LogP) is 10.2. The van der Waals surface area contributed by atoms with Gasteiger partial charge in [0.2, 0.25) is 0 Å². The van der Waals surface area contributed by atoms with E-state index in [0.717, 1.165) is 55.3 Å². The second-order valence-corrected chi connectivity index (χ2v) is 17.5. The van der Waals surface area contributed by atoms with E-state index in [1.807, 2.05) is 0 Å². The van der Waals surface area contributed by atoms with E-state index in [-0.39, 0.29) is 13.4 Å². The molecular weight excluding hydrogens is 730 g/mol. The van der Waals surface area contributed by atoms with Crippen molar-refractivity contribution in [3.8, 4) is 0 Å². The number of hydrogen-bond acceptors (Lipinski definition) is 4. The van der Waals surface area contributed by atoms with Crippen molar-refractivity contribution in [1.82, 2.24) is 0 Å². The zero-order chi connectivity index (χ0) is 40.3. The molecule has 10 aromatic rings. The van der Waals surface area contributed by atoms with Crippen LogP contribution in [0.25, 0.3) is 43.9 Å². The normalized spacial score (nSPS) is 13.7. The van der Waals surface area contributed by atoms with Crippen molar-refractivity contribution < 1.29 is 8.83 Å². The molecule has 0 saturated heterocycles. The van der Waals surface area contributed by atoms with Gasteiger partial charge in [0.1, 0.15) is 22.3 Å². The third-order valence-corrected chi connectivity index (χ3v) is 13.9. The first-order valence-corrected chi connectivity index (χ1v) is 21.2. The largest absolute Gasteiger partial charge is 0.457 e. The van der Waals surface area contributed by atoms with Gasteiger partial charge in [-0.15, -0.1) is 0 Å². The molecule has 2 aromatic heterocycles. The molecule has 0 N–H and O–H groups in total. The molecule has 284 valence electrons. The van der Waals surface area contributed by atoms with Gasteiger partial charge < -0.3 is 18.6 Å². The molecule has 0 aliphatic carbocycles. The Kier molecular flexibility index (Phi) is 6.72.